The first-order valence-corrected chi connectivity index (χ1v) is 7.06. The number of anilines is 1. The molecule has 0 bridgehead atoms. The Morgan fingerprint density at radius 3 is 3.06 bits per heavy atom. The molecule has 2 heterocycles. The van der Waals surface area contributed by atoms with E-state index in [0.717, 1.165) is 25.9 Å². The highest BCUT2D eigenvalue weighted by Gasteiger charge is 2.04. The topological polar surface area (TPSA) is 63.0 Å². The van der Waals surface area contributed by atoms with Crippen LogP contribution in [0, 0.1) is 0 Å². The Labute approximate surface area is 111 Å². The van der Waals surface area contributed by atoms with E-state index < -0.39 is 0 Å². The van der Waals surface area contributed by atoms with E-state index in [1.807, 2.05) is 0 Å². The average Bonchev–Trinajstić information content (AvgIpc) is 3.01. The summed E-state index contributed by atoms with van der Waals surface area (Å²) in [5.74, 6) is 0.627. The van der Waals surface area contributed by atoms with Gasteiger partial charge in [0.15, 0.2) is 0 Å². The summed E-state index contributed by atoms with van der Waals surface area (Å²) in [5.41, 5.74) is 0. The van der Waals surface area contributed by atoms with Crippen molar-refractivity contribution in [2.24, 2.45) is 0 Å². The van der Waals surface area contributed by atoms with Crippen LogP contribution in [-0.4, -0.2) is 23.3 Å². The van der Waals surface area contributed by atoms with E-state index in [1.165, 1.54) is 4.88 Å². The lowest BCUT2D eigenvalue weighted by Crippen LogP contribution is -2.13. The van der Waals surface area contributed by atoms with Gasteiger partial charge in [-0.15, -0.1) is 16.4 Å². The maximum Gasteiger partial charge on any atom is 0.315 e. The van der Waals surface area contributed by atoms with Crippen molar-refractivity contribution < 1.29 is 4.42 Å². The molecule has 0 aromatic carbocycles. The van der Waals surface area contributed by atoms with Crippen LogP contribution in [0.25, 0.3) is 0 Å². The van der Waals surface area contributed by atoms with Crippen LogP contribution in [-0.2, 0) is 13.0 Å². The van der Waals surface area contributed by atoms with Gasteiger partial charge in [-0.2, -0.15) is 0 Å². The molecule has 0 atom stereocenters. The molecule has 2 aromatic heterocycles. The molecule has 0 aliphatic heterocycles. The summed E-state index contributed by atoms with van der Waals surface area (Å²) in [7, 11) is 0. The number of thiophene rings is 1. The van der Waals surface area contributed by atoms with Crippen LogP contribution >= 0.6 is 11.3 Å². The fourth-order valence-corrected chi connectivity index (χ4v) is 2.23. The second kappa shape index (κ2) is 7.13. The molecule has 0 aliphatic rings. The molecule has 0 saturated carbocycles. The van der Waals surface area contributed by atoms with E-state index >= 15 is 0 Å². The number of rotatable bonds is 8. The summed E-state index contributed by atoms with van der Waals surface area (Å²) >= 11 is 1.76. The Hall–Kier alpha value is -1.40. The van der Waals surface area contributed by atoms with Crippen molar-refractivity contribution in [3.05, 3.63) is 28.3 Å². The van der Waals surface area contributed by atoms with Gasteiger partial charge in [-0.1, -0.05) is 18.1 Å². The van der Waals surface area contributed by atoms with Crippen LogP contribution in [0.4, 0.5) is 6.01 Å². The summed E-state index contributed by atoms with van der Waals surface area (Å²) < 4.78 is 5.46. The lowest BCUT2D eigenvalue weighted by Gasteiger charge is -1.99. The van der Waals surface area contributed by atoms with Crippen molar-refractivity contribution in [1.29, 1.82) is 0 Å². The molecule has 98 valence electrons. The van der Waals surface area contributed by atoms with Crippen molar-refractivity contribution >= 4 is 17.4 Å². The van der Waals surface area contributed by atoms with Gasteiger partial charge in [-0.05, 0) is 30.8 Å². The summed E-state index contributed by atoms with van der Waals surface area (Å²) in [5, 5.41) is 16.3. The predicted octanol–water partition coefficient (Wildman–Crippen LogP) is 2.29. The zero-order valence-electron chi connectivity index (χ0n) is 10.5. The molecule has 2 aromatic rings. The lowest BCUT2D eigenvalue weighted by atomic mass is 10.3. The standard InChI is InChI=1S/C12H18N4OS/c1-2-6-13-9-11-15-16-12(17-11)14-7-5-10-4-3-8-18-10/h3-4,8,13H,2,5-7,9H2,1H3,(H,14,16). The summed E-state index contributed by atoms with van der Waals surface area (Å²) in [6.45, 7) is 4.53. The molecule has 0 aliphatic carbocycles. The van der Waals surface area contributed by atoms with Gasteiger partial charge in [0.2, 0.25) is 5.89 Å². The molecule has 5 nitrogen and oxygen atoms in total. The van der Waals surface area contributed by atoms with Gasteiger partial charge in [-0.3, -0.25) is 0 Å². The highest BCUT2D eigenvalue weighted by molar-refractivity contribution is 7.09. The smallest absolute Gasteiger partial charge is 0.315 e. The monoisotopic (exact) mass is 266 g/mol. The Kier molecular flexibility index (Phi) is 5.16. The Balaban J connectivity index is 1.69. The number of nitrogens with one attached hydrogen (secondary N) is 2. The van der Waals surface area contributed by atoms with E-state index in [9.17, 15) is 0 Å². The molecule has 0 unspecified atom stereocenters. The molecular weight excluding hydrogens is 248 g/mol. The maximum atomic E-state index is 5.46. The van der Waals surface area contributed by atoms with Crippen LogP contribution in [0.2, 0.25) is 0 Å². The minimum absolute atomic E-state index is 0.500. The zero-order chi connectivity index (χ0) is 12.6. The number of hydrogen-bond acceptors (Lipinski definition) is 6. The Morgan fingerprint density at radius 1 is 1.33 bits per heavy atom. The van der Waals surface area contributed by atoms with Gasteiger partial charge in [0.05, 0.1) is 6.54 Å². The van der Waals surface area contributed by atoms with Crippen LogP contribution in [0.5, 0.6) is 0 Å². The molecule has 0 amide bonds. The predicted molar refractivity (Wildman–Crippen MR) is 72.8 cm³/mol. The third kappa shape index (κ3) is 4.12. The van der Waals surface area contributed by atoms with Gasteiger partial charge in [0, 0.05) is 11.4 Å². The van der Waals surface area contributed by atoms with Crippen LogP contribution in [0.15, 0.2) is 21.9 Å². The minimum Gasteiger partial charge on any atom is -0.407 e. The maximum absolute atomic E-state index is 5.46. The van der Waals surface area contributed by atoms with Crippen LogP contribution in [0.1, 0.15) is 24.1 Å². The molecule has 0 saturated heterocycles. The quantitative estimate of drug-likeness (QED) is 0.718. The molecule has 0 fully saturated rings. The highest BCUT2D eigenvalue weighted by atomic mass is 32.1. The Morgan fingerprint density at radius 2 is 2.28 bits per heavy atom. The van der Waals surface area contributed by atoms with Crippen LogP contribution in [0.3, 0.4) is 0 Å². The summed E-state index contributed by atoms with van der Waals surface area (Å²) in [6, 6.07) is 4.68. The number of aromatic nitrogens is 2. The third-order valence-electron chi connectivity index (χ3n) is 2.40. The molecule has 2 rings (SSSR count). The van der Waals surface area contributed by atoms with E-state index in [4.69, 9.17) is 4.42 Å². The first-order valence-electron chi connectivity index (χ1n) is 6.18. The van der Waals surface area contributed by atoms with Gasteiger partial charge in [0.25, 0.3) is 0 Å². The second-order valence-corrected chi connectivity index (χ2v) is 4.97. The minimum atomic E-state index is 0.500. The van der Waals surface area contributed by atoms with Crippen molar-refractivity contribution in [1.82, 2.24) is 15.5 Å². The largest absolute Gasteiger partial charge is 0.407 e. The zero-order valence-corrected chi connectivity index (χ0v) is 11.3. The summed E-state index contributed by atoms with van der Waals surface area (Å²) in [4.78, 5) is 1.35. The van der Waals surface area contributed by atoms with E-state index in [0.29, 0.717) is 18.5 Å². The van der Waals surface area contributed by atoms with Gasteiger partial charge >= 0.3 is 6.01 Å². The van der Waals surface area contributed by atoms with Gasteiger partial charge < -0.3 is 15.1 Å². The van der Waals surface area contributed by atoms with Crippen molar-refractivity contribution in [3.63, 3.8) is 0 Å². The highest BCUT2D eigenvalue weighted by Crippen LogP contribution is 2.10. The lowest BCUT2D eigenvalue weighted by molar-refractivity contribution is 0.477. The van der Waals surface area contributed by atoms with Crippen molar-refractivity contribution in [2.75, 3.05) is 18.4 Å². The van der Waals surface area contributed by atoms with E-state index in [1.54, 1.807) is 11.3 Å². The first kappa shape index (κ1) is 13.0. The Bertz CT molecular complexity index is 441. The van der Waals surface area contributed by atoms with E-state index in [-0.39, 0.29) is 0 Å². The first-order chi connectivity index (χ1) is 8.88. The van der Waals surface area contributed by atoms with Gasteiger partial charge in [0.1, 0.15) is 0 Å². The molecule has 0 radical (unpaired) electrons. The van der Waals surface area contributed by atoms with Crippen molar-refractivity contribution in [2.45, 2.75) is 26.3 Å². The molecule has 18 heavy (non-hydrogen) atoms. The fraction of sp³-hybridized carbons (Fsp3) is 0.500. The fourth-order valence-electron chi connectivity index (χ4n) is 1.52. The molecule has 6 heteroatoms. The molecule has 0 spiro atoms. The molecule has 2 N–H and O–H groups in total. The third-order valence-corrected chi connectivity index (χ3v) is 3.33. The van der Waals surface area contributed by atoms with Crippen LogP contribution < -0.4 is 10.6 Å². The van der Waals surface area contributed by atoms with Gasteiger partial charge in [-0.25, -0.2) is 0 Å². The molecular formula is C12H18N4OS. The SMILES string of the molecule is CCCNCc1nnc(NCCc2cccs2)o1. The normalized spacial score (nSPS) is 10.7. The van der Waals surface area contributed by atoms with Crippen molar-refractivity contribution in [3.8, 4) is 0 Å². The average molecular weight is 266 g/mol. The van der Waals surface area contributed by atoms with E-state index in [2.05, 4.69) is 45.3 Å². The number of nitrogens with zero attached hydrogens (tertiary/aromatic N) is 2. The summed E-state index contributed by atoms with van der Waals surface area (Å²) in [6.07, 6.45) is 2.07. The second-order valence-electron chi connectivity index (χ2n) is 3.93. The number of hydrogen-bond donors (Lipinski definition) is 2.